The lowest BCUT2D eigenvalue weighted by Gasteiger charge is -2.58. The topological polar surface area (TPSA) is 86.7 Å². The van der Waals surface area contributed by atoms with Crippen LogP contribution in [0.4, 0.5) is 0 Å². The van der Waals surface area contributed by atoms with Gasteiger partial charge in [0.05, 0.1) is 0 Å². The van der Waals surface area contributed by atoms with E-state index in [-0.39, 0.29) is 17.9 Å². The quantitative estimate of drug-likeness (QED) is 0.238. The number of esters is 2. The standard InChI is InChI=1S/C22H26O6/c1-12-14-6-7-15-21(9-5-8-20(3,4)16(21)10-23)11-27-19(26)22(15,17(12)25)18(14)28-13(2)24/h5,9-10,14-16,18H,1,6-8,11H2,2-4H3/t14-,15-,16+,18+,21+,22-/m0/s1. The van der Waals surface area contributed by atoms with Crippen LogP contribution in [0.25, 0.3) is 0 Å². The molecule has 28 heavy (non-hydrogen) atoms. The highest BCUT2D eigenvalue weighted by molar-refractivity contribution is 6.16. The first-order chi connectivity index (χ1) is 13.1. The first-order valence-corrected chi connectivity index (χ1v) is 9.84. The van der Waals surface area contributed by atoms with Gasteiger partial charge in [0, 0.05) is 24.2 Å². The molecule has 2 spiro atoms. The van der Waals surface area contributed by atoms with Crippen molar-refractivity contribution in [2.24, 2.45) is 34.0 Å². The highest BCUT2D eigenvalue weighted by Crippen LogP contribution is 2.66. The van der Waals surface area contributed by atoms with E-state index in [1.807, 2.05) is 26.0 Å². The van der Waals surface area contributed by atoms with Crippen LogP contribution in [0.2, 0.25) is 0 Å². The largest absolute Gasteiger partial charge is 0.464 e. The Bertz CT molecular complexity index is 823. The summed E-state index contributed by atoms with van der Waals surface area (Å²) in [5.41, 5.74) is -2.41. The Kier molecular flexibility index (Phi) is 4.01. The van der Waals surface area contributed by atoms with Crippen molar-refractivity contribution in [3.8, 4) is 0 Å². The minimum absolute atomic E-state index is 0.0544. The Labute approximate surface area is 164 Å². The second-order valence-electron chi connectivity index (χ2n) is 9.39. The van der Waals surface area contributed by atoms with Gasteiger partial charge in [-0.05, 0) is 36.2 Å². The van der Waals surface area contributed by atoms with Gasteiger partial charge in [-0.1, -0.05) is 32.6 Å². The second kappa shape index (κ2) is 5.88. The molecule has 1 heterocycles. The molecule has 6 atom stereocenters. The summed E-state index contributed by atoms with van der Waals surface area (Å²) in [6, 6.07) is 0. The fourth-order valence-electron chi connectivity index (χ4n) is 6.45. The Morgan fingerprint density at radius 1 is 1.32 bits per heavy atom. The number of carbonyl (C=O) groups excluding carboxylic acids is 4. The Morgan fingerprint density at radius 2 is 2.04 bits per heavy atom. The molecule has 2 saturated carbocycles. The fraction of sp³-hybridized carbons (Fsp3) is 0.636. The van der Waals surface area contributed by atoms with Crippen molar-refractivity contribution in [1.82, 2.24) is 0 Å². The number of fused-ring (bicyclic) bond motifs is 2. The van der Waals surface area contributed by atoms with Crippen molar-refractivity contribution in [3.05, 3.63) is 24.3 Å². The predicted octanol–water partition coefficient (Wildman–Crippen LogP) is 2.41. The van der Waals surface area contributed by atoms with Crippen LogP contribution in [0.3, 0.4) is 0 Å². The molecule has 1 aliphatic heterocycles. The van der Waals surface area contributed by atoms with E-state index in [1.54, 1.807) is 0 Å². The van der Waals surface area contributed by atoms with Gasteiger partial charge >= 0.3 is 11.9 Å². The molecule has 0 amide bonds. The number of ether oxygens (including phenoxy) is 2. The zero-order valence-corrected chi connectivity index (χ0v) is 16.5. The van der Waals surface area contributed by atoms with Crippen LogP contribution >= 0.6 is 0 Å². The molecule has 4 aliphatic rings. The average molecular weight is 386 g/mol. The number of aldehydes is 1. The number of hydrogen-bond donors (Lipinski definition) is 0. The van der Waals surface area contributed by atoms with Gasteiger partial charge in [0.15, 0.2) is 11.2 Å². The van der Waals surface area contributed by atoms with E-state index in [0.29, 0.717) is 18.4 Å². The molecule has 0 aromatic heterocycles. The van der Waals surface area contributed by atoms with Gasteiger partial charge in [0.1, 0.15) is 19.0 Å². The molecule has 0 aromatic carbocycles. The molecule has 6 heteroatoms. The highest BCUT2D eigenvalue weighted by Gasteiger charge is 2.76. The zero-order chi connectivity index (χ0) is 20.5. The Hall–Kier alpha value is -2.24. The minimum atomic E-state index is -1.61. The van der Waals surface area contributed by atoms with Crippen molar-refractivity contribution in [3.63, 3.8) is 0 Å². The number of hydrogen-bond acceptors (Lipinski definition) is 6. The van der Waals surface area contributed by atoms with Crippen molar-refractivity contribution < 1.29 is 28.7 Å². The molecule has 150 valence electrons. The van der Waals surface area contributed by atoms with Gasteiger partial charge < -0.3 is 14.3 Å². The zero-order valence-electron chi connectivity index (χ0n) is 16.5. The maximum atomic E-state index is 13.4. The van der Waals surface area contributed by atoms with E-state index in [4.69, 9.17) is 9.47 Å². The van der Waals surface area contributed by atoms with Gasteiger partial charge in [-0.2, -0.15) is 0 Å². The fourth-order valence-corrected chi connectivity index (χ4v) is 6.45. The lowest BCUT2D eigenvalue weighted by atomic mass is 9.46. The first-order valence-electron chi connectivity index (χ1n) is 9.84. The average Bonchev–Trinajstić information content (AvgIpc) is 2.73. The van der Waals surface area contributed by atoms with Crippen molar-refractivity contribution in [2.75, 3.05) is 6.61 Å². The monoisotopic (exact) mass is 386 g/mol. The Morgan fingerprint density at radius 3 is 2.68 bits per heavy atom. The summed E-state index contributed by atoms with van der Waals surface area (Å²) in [6.07, 6.45) is 5.90. The molecule has 6 nitrogen and oxygen atoms in total. The first kappa shape index (κ1) is 19.1. The molecular formula is C22H26O6. The van der Waals surface area contributed by atoms with E-state index in [9.17, 15) is 19.2 Å². The summed E-state index contributed by atoms with van der Waals surface area (Å²) < 4.78 is 11.2. The van der Waals surface area contributed by atoms with Gasteiger partial charge in [-0.3, -0.25) is 14.4 Å². The molecule has 0 N–H and O–H groups in total. The van der Waals surface area contributed by atoms with E-state index < -0.39 is 46.5 Å². The van der Waals surface area contributed by atoms with Gasteiger partial charge in [0.25, 0.3) is 0 Å². The number of ketones is 1. The molecule has 2 bridgehead atoms. The molecule has 0 unspecified atom stereocenters. The number of cyclic esters (lactones) is 1. The summed E-state index contributed by atoms with van der Waals surface area (Å²) in [6.45, 7) is 9.29. The van der Waals surface area contributed by atoms with Gasteiger partial charge in [-0.25, -0.2) is 0 Å². The Balaban J connectivity index is 1.94. The number of allylic oxidation sites excluding steroid dienone is 1. The number of carbonyl (C=O) groups is 4. The molecule has 3 aliphatic carbocycles. The van der Waals surface area contributed by atoms with Crippen LogP contribution in [0, 0.1) is 34.0 Å². The molecule has 3 fully saturated rings. The summed E-state index contributed by atoms with van der Waals surface area (Å²) in [4.78, 5) is 50.7. The number of Topliss-reactive ketones (excluding diaryl/α,β-unsaturated/α-hetero) is 1. The van der Waals surface area contributed by atoms with E-state index in [0.717, 1.165) is 12.7 Å². The molecule has 1 saturated heterocycles. The smallest absolute Gasteiger partial charge is 0.324 e. The highest BCUT2D eigenvalue weighted by atomic mass is 16.6. The van der Waals surface area contributed by atoms with Crippen LogP contribution in [0.5, 0.6) is 0 Å². The maximum Gasteiger partial charge on any atom is 0.324 e. The summed E-state index contributed by atoms with van der Waals surface area (Å²) in [5, 5.41) is 0. The van der Waals surface area contributed by atoms with Crippen LogP contribution in [0.15, 0.2) is 24.3 Å². The lowest BCUT2D eigenvalue weighted by Crippen LogP contribution is -2.66. The van der Waals surface area contributed by atoms with Crippen molar-refractivity contribution >= 4 is 24.0 Å². The normalized spacial score (nSPS) is 43.5. The summed E-state index contributed by atoms with van der Waals surface area (Å²) in [5.74, 6) is -2.86. The molecule has 4 rings (SSSR count). The number of rotatable bonds is 2. The lowest BCUT2D eigenvalue weighted by molar-refractivity contribution is -0.216. The second-order valence-corrected chi connectivity index (χ2v) is 9.39. The third-order valence-electron chi connectivity index (χ3n) is 7.61. The maximum absolute atomic E-state index is 13.4. The van der Waals surface area contributed by atoms with E-state index in [2.05, 4.69) is 6.58 Å². The molecular weight excluding hydrogens is 360 g/mol. The van der Waals surface area contributed by atoms with E-state index in [1.165, 1.54) is 6.92 Å². The SMILES string of the molecule is C=C1C(=O)[C@@]23C(=O)OC[C@]4(C=CCC(C)(C)[C@H]4C=O)[C@@H]2CC[C@@H]1[C@H]3OC(C)=O. The summed E-state index contributed by atoms with van der Waals surface area (Å²) >= 11 is 0. The van der Waals surface area contributed by atoms with Crippen molar-refractivity contribution in [2.45, 2.75) is 46.1 Å². The molecule has 0 aromatic rings. The third kappa shape index (κ3) is 2.09. The van der Waals surface area contributed by atoms with Crippen LogP contribution in [0.1, 0.15) is 40.0 Å². The van der Waals surface area contributed by atoms with Crippen LogP contribution in [-0.2, 0) is 28.7 Å². The predicted molar refractivity (Wildman–Crippen MR) is 98.8 cm³/mol. The summed E-state index contributed by atoms with van der Waals surface area (Å²) in [7, 11) is 0. The molecule has 0 radical (unpaired) electrons. The van der Waals surface area contributed by atoms with Gasteiger partial charge in [0.2, 0.25) is 0 Å². The van der Waals surface area contributed by atoms with Crippen LogP contribution < -0.4 is 0 Å². The van der Waals surface area contributed by atoms with Crippen molar-refractivity contribution in [1.29, 1.82) is 0 Å². The van der Waals surface area contributed by atoms with Gasteiger partial charge in [-0.15, -0.1) is 0 Å². The third-order valence-corrected chi connectivity index (χ3v) is 7.61. The minimum Gasteiger partial charge on any atom is -0.464 e. The van der Waals surface area contributed by atoms with E-state index >= 15 is 0 Å². The van der Waals surface area contributed by atoms with Crippen LogP contribution in [-0.4, -0.2) is 36.7 Å².